The van der Waals surface area contributed by atoms with E-state index in [-0.39, 0.29) is 11.7 Å². The number of benzene rings is 2. The van der Waals surface area contributed by atoms with Crippen LogP contribution in [-0.4, -0.2) is 32.8 Å². The number of para-hydroxylation sites is 2. The molecular weight excluding hydrogens is 354 g/mol. The third kappa shape index (κ3) is 4.54. The molecule has 6 nitrogen and oxygen atoms in total. The van der Waals surface area contributed by atoms with Crippen LogP contribution in [0.3, 0.4) is 0 Å². The number of fused-ring (bicyclic) bond motifs is 1. The molecule has 0 saturated carbocycles. The van der Waals surface area contributed by atoms with Crippen molar-refractivity contribution in [3.8, 4) is 11.5 Å². The minimum atomic E-state index is -3.06. The zero-order valence-corrected chi connectivity index (χ0v) is 15.5. The van der Waals surface area contributed by atoms with Gasteiger partial charge < -0.3 is 14.8 Å². The SMILES string of the molecule is C[C@@H]1Oc2ccccc2O[C@H]1C(=O)NCc1ccc(CS(C)(=O)=O)cc1. The molecule has 26 heavy (non-hydrogen) atoms. The minimum Gasteiger partial charge on any atom is -0.482 e. The van der Waals surface area contributed by atoms with Crippen LogP contribution in [0.1, 0.15) is 18.1 Å². The number of hydrogen-bond donors (Lipinski definition) is 1. The summed E-state index contributed by atoms with van der Waals surface area (Å²) in [6, 6.07) is 14.4. The van der Waals surface area contributed by atoms with Crippen molar-refractivity contribution in [3.63, 3.8) is 0 Å². The van der Waals surface area contributed by atoms with E-state index in [1.807, 2.05) is 12.1 Å². The highest BCUT2D eigenvalue weighted by molar-refractivity contribution is 7.89. The molecule has 2 aromatic rings. The number of ether oxygens (including phenoxy) is 2. The molecule has 0 aromatic heterocycles. The zero-order chi connectivity index (χ0) is 18.7. The lowest BCUT2D eigenvalue weighted by atomic mass is 10.1. The molecule has 1 aliphatic rings. The van der Waals surface area contributed by atoms with E-state index in [1.54, 1.807) is 43.3 Å². The van der Waals surface area contributed by atoms with E-state index >= 15 is 0 Å². The quantitative estimate of drug-likeness (QED) is 0.865. The predicted octanol–water partition coefficient (Wildman–Crippen LogP) is 2.08. The second-order valence-corrected chi connectivity index (χ2v) is 8.55. The molecule has 0 radical (unpaired) electrons. The number of amides is 1. The first-order valence-corrected chi connectivity index (χ1v) is 10.3. The summed E-state index contributed by atoms with van der Waals surface area (Å²) >= 11 is 0. The number of carbonyl (C=O) groups excluding carboxylic acids is 1. The molecular formula is C19H21NO5S. The van der Waals surface area contributed by atoms with Crippen molar-refractivity contribution >= 4 is 15.7 Å². The highest BCUT2D eigenvalue weighted by atomic mass is 32.2. The van der Waals surface area contributed by atoms with Gasteiger partial charge in [0.25, 0.3) is 5.91 Å². The van der Waals surface area contributed by atoms with Gasteiger partial charge in [-0.25, -0.2) is 8.42 Å². The Morgan fingerprint density at radius 1 is 1.00 bits per heavy atom. The molecule has 0 fully saturated rings. The number of sulfone groups is 1. The first-order valence-electron chi connectivity index (χ1n) is 8.27. The monoisotopic (exact) mass is 375 g/mol. The molecule has 2 atom stereocenters. The second kappa shape index (κ2) is 7.37. The van der Waals surface area contributed by atoms with E-state index in [0.29, 0.717) is 18.0 Å². The summed E-state index contributed by atoms with van der Waals surface area (Å²) in [4.78, 5) is 12.5. The van der Waals surface area contributed by atoms with Crippen LogP contribution in [-0.2, 0) is 26.9 Å². The Hall–Kier alpha value is -2.54. The van der Waals surface area contributed by atoms with Crippen LogP contribution < -0.4 is 14.8 Å². The topological polar surface area (TPSA) is 81.7 Å². The Labute approximate surface area is 153 Å². The van der Waals surface area contributed by atoms with E-state index in [0.717, 1.165) is 11.1 Å². The summed E-state index contributed by atoms with van der Waals surface area (Å²) in [5.41, 5.74) is 1.59. The minimum absolute atomic E-state index is 0.00379. The number of carbonyl (C=O) groups is 1. The van der Waals surface area contributed by atoms with Gasteiger partial charge in [-0.2, -0.15) is 0 Å². The van der Waals surface area contributed by atoms with Crippen molar-refractivity contribution in [2.75, 3.05) is 6.26 Å². The van der Waals surface area contributed by atoms with Gasteiger partial charge in [0.2, 0.25) is 6.10 Å². The maximum Gasteiger partial charge on any atom is 0.265 e. The molecule has 1 amide bonds. The lowest BCUT2D eigenvalue weighted by molar-refractivity contribution is -0.133. The van der Waals surface area contributed by atoms with E-state index in [2.05, 4.69) is 5.32 Å². The van der Waals surface area contributed by atoms with Crippen LogP contribution >= 0.6 is 0 Å². The first kappa shape index (κ1) is 18.3. The van der Waals surface area contributed by atoms with Gasteiger partial charge in [-0.15, -0.1) is 0 Å². The Morgan fingerprint density at radius 3 is 2.19 bits per heavy atom. The molecule has 0 aliphatic carbocycles. The summed E-state index contributed by atoms with van der Waals surface area (Å²) in [5, 5.41) is 2.84. The largest absolute Gasteiger partial charge is 0.482 e. The number of hydrogen-bond acceptors (Lipinski definition) is 5. The van der Waals surface area contributed by atoms with Gasteiger partial charge in [0.05, 0.1) is 5.75 Å². The van der Waals surface area contributed by atoms with Gasteiger partial charge in [-0.05, 0) is 30.2 Å². The van der Waals surface area contributed by atoms with Gasteiger partial charge >= 0.3 is 0 Å². The van der Waals surface area contributed by atoms with E-state index in [1.165, 1.54) is 6.26 Å². The molecule has 7 heteroatoms. The summed E-state index contributed by atoms with van der Waals surface area (Å²) in [6.45, 7) is 2.12. The summed E-state index contributed by atoms with van der Waals surface area (Å²) in [5.74, 6) is 0.928. The fourth-order valence-electron chi connectivity index (χ4n) is 2.75. The molecule has 0 bridgehead atoms. The standard InChI is InChI=1S/C19H21NO5S/c1-13-18(25-17-6-4-3-5-16(17)24-13)19(21)20-11-14-7-9-15(10-8-14)12-26(2,22)23/h3-10,13,18H,11-12H2,1-2H3,(H,20,21)/t13-,18+/m0/s1. The van der Waals surface area contributed by atoms with Crippen molar-refractivity contribution < 1.29 is 22.7 Å². The molecule has 3 rings (SSSR count). The first-order chi connectivity index (χ1) is 12.3. The Bertz CT molecular complexity index is 892. The molecule has 138 valence electrons. The maximum absolute atomic E-state index is 12.5. The van der Waals surface area contributed by atoms with Crippen molar-refractivity contribution in [2.24, 2.45) is 0 Å². The molecule has 1 heterocycles. The Balaban J connectivity index is 1.59. The average molecular weight is 375 g/mol. The third-order valence-corrected chi connectivity index (χ3v) is 4.88. The van der Waals surface area contributed by atoms with Gasteiger partial charge in [-0.1, -0.05) is 36.4 Å². The molecule has 1 aliphatic heterocycles. The van der Waals surface area contributed by atoms with Gasteiger partial charge in [-0.3, -0.25) is 4.79 Å². The fraction of sp³-hybridized carbons (Fsp3) is 0.316. The lowest BCUT2D eigenvalue weighted by Gasteiger charge is -2.31. The summed E-state index contributed by atoms with van der Waals surface area (Å²) in [7, 11) is -3.06. The van der Waals surface area contributed by atoms with Crippen LogP contribution in [0, 0.1) is 0 Å². The molecule has 0 saturated heterocycles. The fourth-order valence-corrected chi connectivity index (χ4v) is 3.55. The van der Waals surface area contributed by atoms with Gasteiger partial charge in [0, 0.05) is 12.8 Å². The molecule has 0 unspecified atom stereocenters. The Kier molecular flexibility index (Phi) is 5.18. The van der Waals surface area contributed by atoms with Crippen LogP contribution in [0.5, 0.6) is 11.5 Å². The van der Waals surface area contributed by atoms with E-state index in [4.69, 9.17) is 9.47 Å². The van der Waals surface area contributed by atoms with Gasteiger partial charge in [0.15, 0.2) is 21.3 Å². The molecule has 1 N–H and O–H groups in total. The van der Waals surface area contributed by atoms with Crippen LogP contribution in [0.2, 0.25) is 0 Å². The summed E-state index contributed by atoms with van der Waals surface area (Å²) < 4.78 is 34.1. The predicted molar refractivity (Wildman–Crippen MR) is 97.8 cm³/mol. The highest BCUT2D eigenvalue weighted by Crippen LogP contribution is 2.33. The van der Waals surface area contributed by atoms with Crippen LogP contribution in [0.4, 0.5) is 0 Å². The summed E-state index contributed by atoms with van der Waals surface area (Å²) in [6.07, 6.45) is 0.0728. The zero-order valence-electron chi connectivity index (χ0n) is 14.6. The highest BCUT2D eigenvalue weighted by Gasteiger charge is 2.33. The van der Waals surface area contributed by atoms with Gasteiger partial charge in [0.1, 0.15) is 6.10 Å². The lowest BCUT2D eigenvalue weighted by Crippen LogP contribution is -2.48. The van der Waals surface area contributed by atoms with E-state index < -0.39 is 22.0 Å². The number of nitrogens with one attached hydrogen (secondary N) is 1. The average Bonchev–Trinajstić information content (AvgIpc) is 2.59. The Morgan fingerprint density at radius 2 is 1.58 bits per heavy atom. The van der Waals surface area contributed by atoms with Crippen molar-refractivity contribution in [1.29, 1.82) is 0 Å². The van der Waals surface area contributed by atoms with Crippen LogP contribution in [0.25, 0.3) is 0 Å². The number of rotatable bonds is 5. The molecule has 2 aromatic carbocycles. The van der Waals surface area contributed by atoms with E-state index in [9.17, 15) is 13.2 Å². The molecule has 0 spiro atoms. The second-order valence-electron chi connectivity index (χ2n) is 6.41. The van der Waals surface area contributed by atoms with Crippen molar-refractivity contribution in [1.82, 2.24) is 5.32 Å². The third-order valence-electron chi connectivity index (χ3n) is 4.02. The van der Waals surface area contributed by atoms with Crippen molar-refractivity contribution in [2.45, 2.75) is 31.4 Å². The maximum atomic E-state index is 12.5. The smallest absolute Gasteiger partial charge is 0.265 e. The normalized spacial score (nSPS) is 19.0. The van der Waals surface area contributed by atoms with Crippen molar-refractivity contribution in [3.05, 3.63) is 59.7 Å². The van der Waals surface area contributed by atoms with Crippen LogP contribution in [0.15, 0.2) is 48.5 Å².